The van der Waals surface area contributed by atoms with E-state index in [9.17, 15) is 4.79 Å². The van der Waals surface area contributed by atoms with E-state index in [4.69, 9.17) is 4.74 Å². The minimum atomic E-state index is -0.0107. The van der Waals surface area contributed by atoms with E-state index >= 15 is 0 Å². The third kappa shape index (κ3) is 8.75. The van der Waals surface area contributed by atoms with Crippen LogP contribution in [0.5, 0.6) is 0 Å². The zero-order valence-corrected chi connectivity index (χ0v) is 11.3. The lowest BCUT2D eigenvalue weighted by Crippen LogP contribution is -2.09. The summed E-state index contributed by atoms with van der Waals surface area (Å²) in [6.45, 7) is 7.13. The van der Waals surface area contributed by atoms with Gasteiger partial charge in [-0.05, 0) is 18.8 Å². The SMILES string of the molecule is CCCCOC(=O)CCC(CC)CCCC. The predicted molar refractivity (Wildman–Crippen MR) is 68.4 cm³/mol. The molecule has 96 valence electrons. The van der Waals surface area contributed by atoms with Crippen LogP contribution in [-0.2, 0) is 9.53 Å². The molecule has 0 aliphatic heterocycles. The van der Waals surface area contributed by atoms with Crippen LogP contribution >= 0.6 is 0 Å². The Hall–Kier alpha value is -0.530. The Morgan fingerprint density at radius 2 is 1.75 bits per heavy atom. The van der Waals surface area contributed by atoms with Crippen molar-refractivity contribution in [2.24, 2.45) is 5.92 Å². The normalized spacial score (nSPS) is 12.4. The maximum atomic E-state index is 11.4. The summed E-state index contributed by atoms with van der Waals surface area (Å²) >= 11 is 0. The largest absolute Gasteiger partial charge is 0.466 e. The monoisotopic (exact) mass is 228 g/mol. The van der Waals surface area contributed by atoms with Gasteiger partial charge in [-0.25, -0.2) is 0 Å². The molecule has 0 radical (unpaired) electrons. The molecule has 0 saturated carbocycles. The highest BCUT2D eigenvalue weighted by Gasteiger charge is 2.09. The second-order valence-electron chi connectivity index (χ2n) is 4.53. The van der Waals surface area contributed by atoms with Crippen molar-refractivity contribution < 1.29 is 9.53 Å². The van der Waals surface area contributed by atoms with E-state index in [0.717, 1.165) is 19.3 Å². The van der Waals surface area contributed by atoms with E-state index in [1.807, 2.05) is 0 Å². The van der Waals surface area contributed by atoms with Gasteiger partial charge >= 0.3 is 5.97 Å². The number of carbonyl (C=O) groups is 1. The summed E-state index contributed by atoms with van der Waals surface area (Å²) in [4.78, 5) is 11.4. The van der Waals surface area contributed by atoms with Crippen LogP contribution in [0.15, 0.2) is 0 Å². The van der Waals surface area contributed by atoms with Crippen molar-refractivity contribution in [2.75, 3.05) is 6.61 Å². The number of hydrogen-bond acceptors (Lipinski definition) is 2. The second kappa shape index (κ2) is 11.0. The van der Waals surface area contributed by atoms with Gasteiger partial charge in [0.25, 0.3) is 0 Å². The van der Waals surface area contributed by atoms with Crippen molar-refractivity contribution >= 4 is 5.97 Å². The average molecular weight is 228 g/mol. The van der Waals surface area contributed by atoms with Gasteiger partial charge in [-0.3, -0.25) is 4.79 Å². The van der Waals surface area contributed by atoms with Crippen molar-refractivity contribution in [1.29, 1.82) is 0 Å². The minimum Gasteiger partial charge on any atom is -0.466 e. The second-order valence-corrected chi connectivity index (χ2v) is 4.53. The van der Waals surface area contributed by atoms with Crippen LogP contribution in [0.25, 0.3) is 0 Å². The molecule has 2 nitrogen and oxygen atoms in total. The first-order valence-corrected chi connectivity index (χ1v) is 6.90. The molecule has 0 spiro atoms. The highest BCUT2D eigenvalue weighted by atomic mass is 16.5. The maximum absolute atomic E-state index is 11.4. The third-order valence-electron chi connectivity index (χ3n) is 3.06. The molecule has 0 fully saturated rings. The lowest BCUT2D eigenvalue weighted by atomic mass is 9.94. The fraction of sp³-hybridized carbons (Fsp3) is 0.929. The quantitative estimate of drug-likeness (QED) is 0.411. The number of carbonyl (C=O) groups excluding carboxylic acids is 1. The van der Waals surface area contributed by atoms with Crippen LogP contribution in [0.1, 0.15) is 72.1 Å². The standard InChI is InChI=1S/C14H28O2/c1-4-7-9-13(6-3)10-11-14(15)16-12-8-5-2/h13H,4-12H2,1-3H3. The van der Waals surface area contributed by atoms with Crippen molar-refractivity contribution in [1.82, 2.24) is 0 Å². The Morgan fingerprint density at radius 1 is 1.06 bits per heavy atom. The van der Waals surface area contributed by atoms with E-state index < -0.39 is 0 Å². The molecule has 0 aromatic heterocycles. The fourth-order valence-corrected chi connectivity index (χ4v) is 1.77. The Kier molecular flexibility index (Phi) is 10.6. The lowest BCUT2D eigenvalue weighted by Gasteiger charge is -2.13. The minimum absolute atomic E-state index is 0.0107. The van der Waals surface area contributed by atoms with Gasteiger partial charge in [0.1, 0.15) is 0 Å². The smallest absolute Gasteiger partial charge is 0.305 e. The van der Waals surface area contributed by atoms with Crippen LogP contribution in [0.2, 0.25) is 0 Å². The molecule has 0 aliphatic carbocycles. The molecule has 2 heteroatoms. The summed E-state index contributed by atoms with van der Waals surface area (Å²) in [5.41, 5.74) is 0. The van der Waals surface area contributed by atoms with Gasteiger partial charge in [-0.1, -0.05) is 52.9 Å². The molecule has 0 heterocycles. The van der Waals surface area contributed by atoms with Crippen molar-refractivity contribution in [3.05, 3.63) is 0 Å². The Balaban J connectivity index is 3.54. The summed E-state index contributed by atoms with van der Waals surface area (Å²) in [6, 6.07) is 0. The van der Waals surface area contributed by atoms with E-state index in [2.05, 4.69) is 20.8 Å². The van der Waals surface area contributed by atoms with Gasteiger partial charge < -0.3 is 4.74 Å². The van der Waals surface area contributed by atoms with Crippen LogP contribution in [-0.4, -0.2) is 12.6 Å². The van der Waals surface area contributed by atoms with Gasteiger partial charge in [-0.2, -0.15) is 0 Å². The van der Waals surface area contributed by atoms with E-state index in [1.165, 1.54) is 25.7 Å². The summed E-state index contributed by atoms with van der Waals surface area (Å²) in [5, 5.41) is 0. The summed E-state index contributed by atoms with van der Waals surface area (Å²) < 4.78 is 5.14. The summed E-state index contributed by atoms with van der Waals surface area (Å²) in [7, 11) is 0. The zero-order chi connectivity index (χ0) is 12.2. The Morgan fingerprint density at radius 3 is 2.31 bits per heavy atom. The highest BCUT2D eigenvalue weighted by molar-refractivity contribution is 5.69. The molecule has 16 heavy (non-hydrogen) atoms. The van der Waals surface area contributed by atoms with E-state index in [-0.39, 0.29) is 5.97 Å². The van der Waals surface area contributed by atoms with Gasteiger partial charge in [0, 0.05) is 6.42 Å². The van der Waals surface area contributed by atoms with Crippen molar-refractivity contribution in [3.8, 4) is 0 Å². The summed E-state index contributed by atoms with van der Waals surface area (Å²) in [5.74, 6) is 0.696. The molecule has 0 rings (SSSR count). The first-order chi connectivity index (χ1) is 7.74. The maximum Gasteiger partial charge on any atom is 0.305 e. The number of unbranched alkanes of at least 4 members (excludes halogenated alkanes) is 2. The van der Waals surface area contributed by atoms with Crippen molar-refractivity contribution in [2.45, 2.75) is 72.1 Å². The zero-order valence-electron chi connectivity index (χ0n) is 11.3. The summed E-state index contributed by atoms with van der Waals surface area (Å²) in [6.07, 6.45) is 8.64. The number of ether oxygens (including phenoxy) is 1. The van der Waals surface area contributed by atoms with E-state index in [1.54, 1.807) is 0 Å². The molecule has 1 atom stereocenters. The average Bonchev–Trinajstić information content (AvgIpc) is 2.30. The van der Waals surface area contributed by atoms with Crippen LogP contribution in [0, 0.1) is 5.92 Å². The van der Waals surface area contributed by atoms with Gasteiger partial charge in [0.15, 0.2) is 0 Å². The van der Waals surface area contributed by atoms with E-state index in [0.29, 0.717) is 18.9 Å². The van der Waals surface area contributed by atoms with Gasteiger partial charge in [0.05, 0.1) is 6.61 Å². The lowest BCUT2D eigenvalue weighted by molar-refractivity contribution is -0.144. The number of rotatable bonds is 10. The molecule has 0 saturated heterocycles. The van der Waals surface area contributed by atoms with Crippen LogP contribution in [0.4, 0.5) is 0 Å². The van der Waals surface area contributed by atoms with Crippen LogP contribution < -0.4 is 0 Å². The van der Waals surface area contributed by atoms with Crippen LogP contribution in [0.3, 0.4) is 0 Å². The van der Waals surface area contributed by atoms with Gasteiger partial charge in [-0.15, -0.1) is 0 Å². The Labute approximate surface area is 101 Å². The fourth-order valence-electron chi connectivity index (χ4n) is 1.77. The molecule has 0 N–H and O–H groups in total. The Bertz CT molecular complexity index is 166. The third-order valence-corrected chi connectivity index (χ3v) is 3.06. The highest BCUT2D eigenvalue weighted by Crippen LogP contribution is 2.18. The molecule has 0 amide bonds. The number of hydrogen-bond donors (Lipinski definition) is 0. The van der Waals surface area contributed by atoms with Crippen molar-refractivity contribution in [3.63, 3.8) is 0 Å². The molecule has 0 aromatic rings. The first-order valence-electron chi connectivity index (χ1n) is 6.90. The predicted octanol–water partition coefficient (Wildman–Crippen LogP) is 4.33. The first kappa shape index (κ1) is 15.5. The molecule has 1 unspecified atom stereocenters. The molecule has 0 bridgehead atoms. The van der Waals surface area contributed by atoms with Gasteiger partial charge in [0.2, 0.25) is 0 Å². The molecule has 0 aliphatic rings. The topological polar surface area (TPSA) is 26.3 Å². The molecular weight excluding hydrogens is 200 g/mol. The molecule has 0 aromatic carbocycles. The number of esters is 1. The molecular formula is C14H28O2.